The average molecular weight is 418 g/mol. The highest BCUT2D eigenvalue weighted by Gasteiger charge is 2.26. The molecule has 0 N–H and O–H groups in total. The lowest BCUT2D eigenvalue weighted by Crippen LogP contribution is -2.50. The number of methoxy groups -OCH3 is 1. The van der Waals surface area contributed by atoms with Gasteiger partial charge < -0.3 is 19.3 Å². The Labute approximate surface area is 175 Å². The number of piperazine rings is 1. The van der Waals surface area contributed by atoms with E-state index in [2.05, 4.69) is 9.88 Å². The first-order valence-corrected chi connectivity index (χ1v) is 10.4. The van der Waals surface area contributed by atoms with Gasteiger partial charge in [0, 0.05) is 36.6 Å². The Kier molecular flexibility index (Phi) is 6.12. The van der Waals surface area contributed by atoms with Crippen LogP contribution in [-0.4, -0.2) is 60.8 Å². The van der Waals surface area contributed by atoms with E-state index in [0.717, 1.165) is 34.9 Å². The Morgan fingerprint density at radius 1 is 1.14 bits per heavy atom. The minimum atomic E-state index is -0.485. The number of carbonyl (C=O) groups excluding carboxylic acids is 2. The van der Waals surface area contributed by atoms with Crippen LogP contribution in [0.15, 0.2) is 24.4 Å². The Morgan fingerprint density at radius 2 is 1.83 bits per heavy atom. The van der Waals surface area contributed by atoms with E-state index in [1.807, 2.05) is 52.1 Å². The van der Waals surface area contributed by atoms with Gasteiger partial charge in [-0.2, -0.15) is 0 Å². The summed E-state index contributed by atoms with van der Waals surface area (Å²) >= 11 is 1.41. The number of nitrogens with zero attached hydrogens (tertiary/aromatic N) is 3. The second-order valence-electron chi connectivity index (χ2n) is 7.93. The number of hydrogen-bond donors (Lipinski definition) is 0. The number of esters is 1. The third kappa shape index (κ3) is 5.06. The maximum Gasteiger partial charge on any atom is 0.410 e. The molecule has 1 aliphatic rings. The molecule has 0 aliphatic carbocycles. The van der Waals surface area contributed by atoms with E-state index in [9.17, 15) is 9.59 Å². The van der Waals surface area contributed by atoms with Gasteiger partial charge in [0.1, 0.15) is 10.5 Å². The van der Waals surface area contributed by atoms with Crippen molar-refractivity contribution in [3.63, 3.8) is 0 Å². The molecule has 0 saturated carbocycles. The monoisotopic (exact) mass is 417 g/mol. The van der Waals surface area contributed by atoms with Crippen molar-refractivity contribution in [3.05, 3.63) is 34.2 Å². The number of aromatic nitrogens is 1. The second kappa shape index (κ2) is 8.41. The summed E-state index contributed by atoms with van der Waals surface area (Å²) in [5.74, 6) is -0.330. The van der Waals surface area contributed by atoms with E-state index < -0.39 is 5.60 Å². The van der Waals surface area contributed by atoms with Crippen molar-refractivity contribution in [2.45, 2.75) is 33.3 Å². The van der Waals surface area contributed by atoms with Gasteiger partial charge >= 0.3 is 12.1 Å². The summed E-state index contributed by atoms with van der Waals surface area (Å²) in [6, 6.07) is 5.82. The smallest absolute Gasteiger partial charge is 0.410 e. The van der Waals surface area contributed by atoms with Crippen molar-refractivity contribution in [1.82, 2.24) is 9.88 Å². The average Bonchev–Trinajstić information content (AvgIpc) is 3.08. The maximum atomic E-state index is 12.2. The topological polar surface area (TPSA) is 72.0 Å². The molecule has 2 aromatic rings. The molecule has 1 saturated heterocycles. The van der Waals surface area contributed by atoms with Gasteiger partial charge in [-0.15, -0.1) is 11.3 Å². The van der Waals surface area contributed by atoms with Gasteiger partial charge in [-0.3, -0.25) is 4.98 Å². The maximum absolute atomic E-state index is 12.2. The van der Waals surface area contributed by atoms with Crippen molar-refractivity contribution in [3.8, 4) is 11.3 Å². The zero-order valence-corrected chi connectivity index (χ0v) is 18.3. The standard InChI is InChI=1S/C21H27N3O4S/c1-14-16(12-18(29-14)19(25)27-5)17-7-6-15(13-22-17)23-8-10-24(11-9-23)20(26)28-21(2,3)4/h6-7,12-13H,8-11H2,1-5H3. The lowest BCUT2D eigenvalue weighted by Gasteiger charge is -2.36. The van der Waals surface area contributed by atoms with E-state index in [1.165, 1.54) is 18.4 Å². The summed E-state index contributed by atoms with van der Waals surface area (Å²) in [7, 11) is 1.38. The van der Waals surface area contributed by atoms with Gasteiger partial charge in [0.05, 0.1) is 24.7 Å². The highest BCUT2D eigenvalue weighted by Crippen LogP contribution is 2.31. The first-order valence-electron chi connectivity index (χ1n) is 9.56. The molecule has 0 atom stereocenters. The van der Waals surface area contributed by atoms with E-state index >= 15 is 0 Å². The molecule has 3 rings (SSSR count). The summed E-state index contributed by atoms with van der Waals surface area (Å²) in [6.07, 6.45) is 1.58. The predicted molar refractivity (Wildman–Crippen MR) is 114 cm³/mol. The molecule has 8 heteroatoms. The SMILES string of the molecule is COC(=O)c1cc(-c2ccc(N3CCN(C(=O)OC(C)(C)C)CC3)cn2)c(C)s1. The number of amides is 1. The van der Waals surface area contributed by atoms with Crippen LogP contribution in [0.4, 0.5) is 10.5 Å². The minimum Gasteiger partial charge on any atom is -0.465 e. The van der Waals surface area contributed by atoms with Crippen molar-refractivity contribution in [2.24, 2.45) is 0 Å². The van der Waals surface area contributed by atoms with E-state index in [4.69, 9.17) is 9.47 Å². The third-order valence-electron chi connectivity index (χ3n) is 4.62. The molecular weight excluding hydrogens is 390 g/mol. The lowest BCUT2D eigenvalue weighted by molar-refractivity contribution is 0.0240. The fourth-order valence-corrected chi connectivity index (χ4v) is 4.09. The molecule has 156 valence electrons. The van der Waals surface area contributed by atoms with Gasteiger partial charge in [-0.1, -0.05) is 0 Å². The van der Waals surface area contributed by atoms with Gasteiger partial charge in [-0.05, 0) is 45.9 Å². The molecule has 0 radical (unpaired) electrons. The Bertz CT molecular complexity index is 878. The summed E-state index contributed by atoms with van der Waals surface area (Å²) < 4.78 is 10.2. The van der Waals surface area contributed by atoms with Gasteiger partial charge in [-0.25, -0.2) is 9.59 Å². The summed E-state index contributed by atoms with van der Waals surface area (Å²) in [4.78, 5) is 34.1. The minimum absolute atomic E-state index is 0.264. The molecule has 2 aromatic heterocycles. The number of hydrogen-bond acceptors (Lipinski definition) is 7. The number of anilines is 1. The number of pyridine rings is 1. The zero-order valence-electron chi connectivity index (χ0n) is 17.5. The quantitative estimate of drug-likeness (QED) is 0.704. The van der Waals surface area contributed by atoms with Crippen LogP contribution in [0, 0.1) is 6.92 Å². The molecule has 29 heavy (non-hydrogen) atoms. The summed E-state index contributed by atoms with van der Waals surface area (Å²) in [6.45, 7) is 10.3. The first kappa shape index (κ1) is 21.1. The van der Waals surface area contributed by atoms with Crippen LogP contribution >= 0.6 is 11.3 Å². The van der Waals surface area contributed by atoms with Crippen LogP contribution in [0.5, 0.6) is 0 Å². The lowest BCUT2D eigenvalue weighted by atomic mass is 10.1. The Morgan fingerprint density at radius 3 is 2.38 bits per heavy atom. The Hall–Kier alpha value is -2.61. The van der Waals surface area contributed by atoms with Crippen molar-refractivity contribution < 1.29 is 19.1 Å². The molecular formula is C21H27N3O4S. The number of aryl methyl sites for hydroxylation is 1. The second-order valence-corrected chi connectivity index (χ2v) is 9.18. The molecule has 0 aromatic carbocycles. The van der Waals surface area contributed by atoms with E-state index in [1.54, 1.807) is 4.90 Å². The van der Waals surface area contributed by atoms with E-state index in [-0.39, 0.29) is 12.1 Å². The van der Waals surface area contributed by atoms with Crippen LogP contribution in [0.3, 0.4) is 0 Å². The zero-order chi connectivity index (χ0) is 21.2. The van der Waals surface area contributed by atoms with Gasteiger partial charge in [0.2, 0.25) is 0 Å². The summed E-state index contributed by atoms with van der Waals surface area (Å²) in [5, 5.41) is 0. The number of thiophene rings is 1. The van der Waals surface area contributed by atoms with Crippen molar-refractivity contribution >= 4 is 29.1 Å². The van der Waals surface area contributed by atoms with Gasteiger partial charge in [0.25, 0.3) is 0 Å². The fourth-order valence-electron chi connectivity index (χ4n) is 3.14. The predicted octanol–water partition coefficient (Wildman–Crippen LogP) is 3.96. The van der Waals surface area contributed by atoms with Crippen LogP contribution in [0.2, 0.25) is 0 Å². The van der Waals surface area contributed by atoms with Crippen LogP contribution in [0.1, 0.15) is 35.3 Å². The highest BCUT2D eigenvalue weighted by atomic mass is 32.1. The molecule has 0 unspecified atom stereocenters. The first-order chi connectivity index (χ1) is 13.7. The Balaban J connectivity index is 1.64. The van der Waals surface area contributed by atoms with Crippen molar-refractivity contribution in [1.29, 1.82) is 0 Å². The molecule has 1 fully saturated rings. The van der Waals surface area contributed by atoms with Crippen LogP contribution in [-0.2, 0) is 9.47 Å². The number of ether oxygens (including phenoxy) is 2. The molecule has 0 bridgehead atoms. The molecule has 0 spiro atoms. The van der Waals surface area contributed by atoms with Crippen LogP contribution < -0.4 is 4.90 Å². The number of rotatable bonds is 3. The highest BCUT2D eigenvalue weighted by molar-refractivity contribution is 7.14. The van der Waals surface area contributed by atoms with Gasteiger partial charge in [0.15, 0.2) is 0 Å². The normalized spacial score (nSPS) is 14.7. The molecule has 1 aliphatic heterocycles. The third-order valence-corrected chi connectivity index (χ3v) is 5.66. The number of carbonyl (C=O) groups is 2. The fraction of sp³-hybridized carbons (Fsp3) is 0.476. The molecule has 3 heterocycles. The largest absolute Gasteiger partial charge is 0.465 e. The van der Waals surface area contributed by atoms with Crippen LogP contribution in [0.25, 0.3) is 11.3 Å². The van der Waals surface area contributed by atoms with Crippen molar-refractivity contribution in [2.75, 3.05) is 38.2 Å². The molecule has 7 nitrogen and oxygen atoms in total. The van der Waals surface area contributed by atoms with E-state index in [0.29, 0.717) is 18.0 Å². The summed E-state index contributed by atoms with van der Waals surface area (Å²) in [5.41, 5.74) is 2.29. The molecule has 1 amide bonds.